The summed E-state index contributed by atoms with van der Waals surface area (Å²) in [6.07, 6.45) is 2.06. The molecule has 0 aromatic heterocycles. The number of ketones is 1. The summed E-state index contributed by atoms with van der Waals surface area (Å²) < 4.78 is 0. The van der Waals surface area contributed by atoms with Crippen molar-refractivity contribution in [3.05, 3.63) is 33.7 Å². The molecular formula is C6H5ClN2O3. The van der Waals surface area contributed by atoms with Gasteiger partial charge >= 0.3 is 0 Å². The van der Waals surface area contributed by atoms with Gasteiger partial charge in [-0.15, -0.1) is 11.6 Å². The lowest BCUT2D eigenvalue weighted by Gasteiger charge is -2.07. The van der Waals surface area contributed by atoms with Crippen molar-refractivity contribution in [1.29, 1.82) is 0 Å². The van der Waals surface area contributed by atoms with Crippen LogP contribution in [0.4, 0.5) is 0 Å². The minimum atomic E-state index is -1.02. The molecule has 0 spiro atoms. The van der Waals surface area contributed by atoms with Crippen LogP contribution in [0.15, 0.2) is 23.5 Å². The van der Waals surface area contributed by atoms with Crippen molar-refractivity contribution in [2.45, 2.75) is 5.38 Å². The fraction of sp³-hybridized carbons (Fsp3) is 0.167. The fourth-order valence-electron chi connectivity index (χ4n) is 0.777. The van der Waals surface area contributed by atoms with E-state index in [1.807, 2.05) is 0 Å². The van der Waals surface area contributed by atoms with Crippen LogP contribution in [0.2, 0.25) is 0 Å². The number of rotatable bonds is 1. The molecule has 1 rings (SSSR count). The topological polar surface area (TPSA) is 86.2 Å². The predicted octanol–water partition coefficient (Wildman–Crippen LogP) is 0.180. The highest BCUT2D eigenvalue weighted by atomic mass is 35.5. The van der Waals surface area contributed by atoms with Crippen molar-refractivity contribution < 1.29 is 9.72 Å². The minimum absolute atomic E-state index is 0.177. The summed E-state index contributed by atoms with van der Waals surface area (Å²) >= 11 is 5.45. The van der Waals surface area contributed by atoms with Gasteiger partial charge in [-0.1, -0.05) is 0 Å². The average Bonchev–Trinajstić information content (AvgIpc) is 1.99. The van der Waals surface area contributed by atoms with Crippen LogP contribution in [-0.2, 0) is 4.79 Å². The number of nitro groups is 1. The van der Waals surface area contributed by atoms with E-state index in [9.17, 15) is 14.9 Å². The Kier molecular flexibility index (Phi) is 2.14. The molecule has 0 fully saturated rings. The number of nitrogens with two attached hydrogens (primary N) is 1. The molecule has 0 heterocycles. The van der Waals surface area contributed by atoms with Gasteiger partial charge < -0.3 is 5.73 Å². The summed E-state index contributed by atoms with van der Waals surface area (Å²) in [6, 6.07) is 0. The molecule has 0 saturated carbocycles. The van der Waals surface area contributed by atoms with E-state index in [0.29, 0.717) is 0 Å². The van der Waals surface area contributed by atoms with Crippen molar-refractivity contribution in [3.8, 4) is 0 Å². The number of allylic oxidation sites excluding steroid dienone is 3. The second-order valence-corrected chi connectivity index (χ2v) is 2.68. The highest BCUT2D eigenvalue weighted by Gasteiger charge is 2.25. The van der Waals surface area contributed by atoms with E-state index in [1.165, 1.54) is 0 Å². The maximum atomic E-state index is 10.9. The first kappa shape index (κ1) is 8.73. The lowest BCUT2D eigenvalue weighted by molar-refractivity contribution is -0.419. The Morgan fingerprint density at radius 2 is 2.25 bits per heavy atom. The van der Waals surface area contributed by atoms with Gasteiger partial charge in [0.05, 0.1) is 10.6 Å². The summed E-state index contributed by atoms with van der Waals surface area (Å²) in [5.74, 6) is -0.498. The molecule has 1 atom stereocenters. The van der Waals surface area contributed by atoms with Crippen LogP contribution in [0.1, 0.15) is 0 Å². The molecular weight excluding hydrogens is 184 g/mol. The molecule has 0 amide bonds. The van der Waals surface area contributed by atoms with E-state index >= 15 is 0 Å². The number of Topliss-reactive ketones (excluding diaryl/α,β-unsaturated/α-hetero) is 1. The van der Waals surface area contributed by atoms with E-state index in [-0.39, 0.29) is 11.4 Å². The van der Waals surface area contributed by atoms with E-state index < -0.39 is 16.1 Å². The zero-order valence-corrected chi connectivity index (χ0v) is 6.62. The number of hydrogen-bond acceptors (Lipinski definition) is 4. The largest absolute Gasteiger partial charge is 0.396 e. The Morgan fingerprint density at radius 3 is 2.67 bits per heavy atom. The number of carbonyl (C=O) groups excluding carboxylic acids is 1. The lowest BCUT2D eigenvalue weighted by Crippen LogP contribution is -2.25. The first-order chi connectivity index (χ1) is 5.52. The molecule has 12 heavy (non-hydrogen) atoms. The number of nitrogens with zero attached hydrogens (tertiary/aromatic N) is 1. The third kappa shape index (κ3) is 1.45. The number of hydrogen-bond donors (Lipinski definition) is 1. The molecule has 0 aromatic rings. The van der Waals surface area contributed by atoms with Gasteiger partial charge in [0.25, 0.3) is 5.70 Å². The molecule has 64 valence electrons. The summed E-state index contributed by atoms with van der Waals surface area (Å²) in [7, 11) is 0. The summed E-state index contributed by atoms with van der Waals surface area (Å²) in [5.41, 5.74) is 4.76. The second-order valence-electron chi connectivity index (χ2n) is 2.21. The van der Waals surface area contributed by atoms with Gasteiger partial charge in [0.2, 0.25) is 5.78 Å². The minimum Gasteiger partial charge on any atom is -0.396 e. The normalized spacial score (nSPS) is 23.1. The van der Waals surface area contributed by atoms with Crippen molar-refractivity contribution in [1.82, 2.24) is 0 Å². The van der Waals surface area contributed by atoms with Gasteiger partial charge in [-0.3, -0.25) is 14.9 Å². The molecule has 1 unspecified atom stereocenters. The lowest BCUT2D eigenvalue weighted by atomic mass is 10.1. The van der Waals surface area contributed by atoms with Crippen LogP contribution in [0, 0.1) is 10.1 Å². The molecule has 0 aromatic carbocycles. The number of carbonyl (C=O) groups is 1. The standard InChI is InChI=1S/C6H5ClN2O3/c7-4-1-3(9(11)12)2-5(8)6(4)10/h1-2,4H,8H2. The summed E-state index contributed by atoms with van der Waals surface area (Å²) in [4.78, 5) is 20.5. The summed E-state index contributed by atoms with van der Waals surface area (Å²) in [5, 5.41) is 9.20. The van der Waals surface area contributed by atoms with Crippen molar-refractivity contribution >= 4 is 17.4 Å². The molecule has 0 radical (unpaired) electrons. The monoisotopic (exact) mass is 188 g/mol. The molecule has 0 aliphatic heterocycles. The van der Waals surface area contributed by atoms with Crippen molar-refractivity contribution in [2.24, 2.45) is 5.73 Å². The molecule has 2 N–H and O–H groups in total. The van der Waals surface area contributed by atoms with E-state index in [4.69, 9.17) is 17.3 Å². The molecule has 0 saturated heterocycles. The van der Waals surface area contributed by atoms with Crippen LogP contribution in [0.25, 0.3) is 0 Å². The third-order valence-electron chi connectivity index (χ3n) is 1.37. The number of alkyl halides is 1. The zero-order chi connectivity index (χ0) is 9.30. The fourth-order valence-corrected chi connectivity index (χ4v) is 1.03. The smallest absolute Gasteiger partial charge is 0.269 e. The van der Waals surface area contributed by atoms with E-state index in [0.717, 1.165) is 12.2 Å². The predicted molar refractivity (Wildman–Crippen MR) is 42.0 cm³/mol. The maximum absolute atomic E-state index is 10.9. The first-order valence-electron chi connectivity index (χ1n) is 3.04. The highest BCUT2D eigenvalue weighted by Crippen LogP contribution is 2.15. The third-order valence-corrected chi connectivity index (χ3v) is 1.69. The van der Waals surface area contributed by atoms with E-state index in [1.54, 1.807) is 0 Å². The van der Waals surface area contributed by atoms with Crippen molar-refractivity contribution in [3.63, 3.8) is 0 Å². The molecule has 1 aliphatic carbocycles. The van der Waals surface area contributed by atoms with Crippen molar-refractivity contribution in [2.75, 3.05) is 0 Å². The number of halogens is 1. The first-order valence-corrected chi connectivity index (χ1v) is 3.47. The van der Waals surface area contributed by atoms with Crippen LogP contribution in [-0.4, -0.2) is 16.1 Å². The molecule has 6 heteroatoms. The van der Waals surface area contributed by atoms with Gasteiger partial charge in [-0.25, -0.2) is 0 Å². The van der Waals surface area contributed by atoms with Gasteiger partial charge in [0.1, 0.15) is 5.38 Å². The van der Waals surface area contributed by atoms with Gasteiger partial charge in [-0.2, -0.15) is 0 Å². The van der Waals surface area contributed by atoms with Gasteiger partial charge in [0, 0.05) is 12.2 Å². The second kappa shape index (κ2) is 2.94. The quantitative estimate of drug-likeness (QED) is 0.361. The zero-order valence-electron chi connectivity index (χ0n) is 5.86. The Hall–Kier alpha value is -1.36. The van der Waals surface area contributed by atoms with Crippen LogP contribution < -0.4 is 5.73 Å². The SMILES string of the molecule is NC1=CC([N+](=O)[O-])=CC(Cl)C1=O. The molecule has 1 aliphatic rings. The van der Waals surface area contributed by atoms with Gasteiger partial charge in [0.15, 0.2) is 0 Å². The molecule has 5 nitrogen and oxygen atoms in total. The highest BCUT2D eigenvalue weighted by molar-refractivity contribution is 6.35. The molecule has 0 bridgehead atoms. The summed E-state index contributed by atoms with van der Waals surface area (Å²) in [6.45, 7) is 0. The van der Waals surface area contributed by atoms with Gasteiger partial charge in [-0.05, 0) is 0 Å². The van der Waals surface area contributed by atoms with Crippen LogP contribution in [0.5, 0.6) is 0 Å². The Bertz CT molecular complexity index is 308. The Labute approximate surface area is 72.6 Å². The average molecular weight is 189 g/mol. The maximum Gasteiger partial charge on any atom is 0.269 e. The van der Waals surface area contributed by atoms with Crippen LogP contribution >= 0.6 is 11.6 Å². The Morgan fingerprint density at radius 1 is 1.67 bits per heavy atom. The Balaban J connectivity index is 3.03. The van der Waals surface area contributed by atoms with Crippen LogP contribution in [0.3, 0.4) is 0 Å². The van der Waals surface area contributed by atoms with E-state index in [2.05, 4.69) is 0 Å².